The minimum absolute atomic E-state index is 0.294. The molecular formula is C6H10N2O2. The Morgan fingerprint density at radius 2 is 2.30 bits per heavy atom. The summed E-state index contributed by atoms with van der Waals surface area (Å²) in [7, 11) is 0. The van der Waals surface area contributed by atoms with Gasteiger partial charge in [-0.25, -0.2) is 4.79 Å². The van der Waals surface area contributed by atoms with Crippen LogP contribution in [0.3, 0.4) is 0 Å². The molecule has 0 radical (unpaired) electrons. The molecule has 3 N–H and O–H groups in total. The van der Waals surface area contributed by atoms with E-state index < -0.39 is 0 Å². The van der Waals surface area contributed by atoms with Crippen molar-refractivity contribution >= 4 is 6.08 Å². The number of carbonyl (C=O) groups excluding carboxylic acids is 1. The second kappa shape index (κ2) is 3.82. The molecule has 0 fully saturated rings. The van der Waals surface area contributed by atoms with E-state index in [1.807, 2.05) is 0 Å². The van der Waals surface area contributed by atoms with Gasteiger partial charge in [0.05, 0.1) is 0 Å². The summed E-state index contributed by atoms with van der Waals surface area (Å²) in [6.45, 7) is 3.28. The van der Waals surface area contributed by atoms with Crippen LogP contribution in [-0.2, 0) is 4.79 Å². The molecule has 0 saturated heterocycles. The van der Waals surface area contributed by atoms with Gasteiger partial charge in [0.1, 0.15) is 0 Å². The summed E-state index contributed by atoms with van der Waals surface area (Å²) in [4.78, 5) is 12.6. The van der Waals surface area contributed by atoms with Crippen molar-refractivity contribution < 1.29 is 9.90 Å². The molecule has 0 aromatic carbocycles. The van der Waals surface area contributed by atoms with Gasteiger partial charge in [-0.1, -0.05) is 0 Å². The number of aliphatic hydroxyl groups excluding tert-OH is 1. The van der Waals surface area contributed by atoms with E-state index in [9.17, 15) is 4.79 Å². The average molecular weight is 142 g/mol. The van der Waals surface area contributed by atoms with Crippen LogP contribution in [-0.4, -0.2) is 17.2 Å². The fourth-order valence-corrected chi connectivity index (χ4v) is 0.335. The number of isocyanates is 1. The third kappa shape index (κ3) is 2.44. The zero-order chi connectivity index (χ0) is 8.15. The summed E-state index contributed by atoms with van der Waals surface area (Å²) < 4.78 is 0. The summed E-state index contributed by atoms with van der Waals surface area (Å²) in [6, 6.07) is -0.294. The van der Waals surface area contributed by atoms with E-state index in [4.69, 9.17) is 10.8 Å². The first-order valence-electron chi connectivity index (χ1n) is 2.82. The molecule has 0 saturated carbocycles. The van der Waals surface area contributed by atoms with Gasteiger partial charge in [-0.05, 0) is 13.8 Å². The lowest BCUT2D eigenvalue weighted by Gasteiger charge is -2.03. The van der Waals surface area contributed by atoms with Gasteiger partial charge >= 0.3 is 0 Å². The second-order valence-corrected chi connectivity index (χ2v) is 2.00. The van der Waals surface area contributed by atoms with E-state index in [-0.39, 0.29) is 11.9 Å². The Bertz CT molecular complexity index is 190. The van der Waals surface area contributed by atoms with Crippen LogP contribution in [0.2, 0.25) is 0 Å². The molecule has 0 aromatic rings. The molecule has 0 aliphatic rings. The van der Waals surface area contributed by atoms with Crippen molar-refractivity contribution in [3.05, 3.63) is 11.5 Å². The highest BCUT2D eigenvalue weighted by Gasteiger charge is 2.02. The van der Waals surface area contributed by atoms with E-state index >= 15 is 0 Å². The fourth-order valence-electron chi connectivity index (χ4n) is 0.335. The highest BCUT2D eigenvalue weighted by Crippen LogP contribution is 2.03. The lowest BCUT2D eigenvalue weighted by atomic mass is 10.2. The normalized spacial score (nSPS) is 15.1. The van der Waals surface area contributed by atoms with Gasteiger partial charge in [-0.15, -0.1) is 4.99 Å². The van der Waals surface area contributed by atoms with Gasteiger partial charge < -0.3 is 10.8 Å². The Balaban J connectivity index is 4.49. The summed E-state index contributed by atoms with van der Waals surface area (Å²) in [5.74, 6) is -0.343. The first-order valence-corrected chi connectivity index (χ1v) is 2.82. The molecule has 0 rings (SSSR count). The Labute approximate surface area is 59.1 Å². The van der Waals surface area contributed by atoms with Crippen LogP contribution >= 0.6 is 0 Å². The van der Waals surface area contributed by atoms with Crippen molar-refractivity contribution in [3.8, 4) is 0 Å². The maximum Gasteiger partial charge on any atom is 0.243 e. The van der Waals surface area contributed by atoms with Crippen LogP contribution in [0.4, 0.5) is 0 Å². The Morgan fingerprint density at radius 3 is 2.60 bits per heavy atom. The lowest BCUT2D eigenvalue weighted by Crippen LogP contribution is -2.17. The Hall–Kier alpha value is -1.12. The predicted molar refractivity (Wildman–Crippen MR) is 37.1 cm³/mol. The lowest BCUT2D eigenvalue weighted by molar-refractivity contribution is 0.393. The average Bonchev–Trinajstić information content (AvgIpc) is 1.87. The van der Waals surface area contributed by atoms with Crippen molar-refractivity contribution in [1.29, 1.82) is 0 Å². The molecule has 0 amide bonds. The molecule has 1 atom stereocenters. The largest absolute Gasteiger partial charge is 0.493 e. The molecule has 1 unspecified atom stereocenters. The highest BCUT2D eigenvalue weighted by atomic mass is 16.3. The monoisotopic (exact) mass is 142 g/mol. The molecule has 56 valence electrons. The molecular weight excluding hydrogens is 132 g/mol. The van der Waals surface area contributed by atoms with Crippen molar-refractivity contribution in [3.63, 3.8) is 0 Å². The molecule has 10 heavy (non-hydrogen) atoms. The first kappa shape index (κ1) is 8.88. The summed E-state index contributed by atoms with van der Waals surface area (Å²) >= 11 is 0. The summed E-state index contributed by atoms with van der Waals surface area (Å²) in [5, 5.41) is 8.86. The van der Waals surface area contributed by atoms with Crippen molar-refractivity contribution in [1.82, 2.24) is 0 Å². The predicted octanol–water partition coefficient (Wildman–Crippen LogP) is 0.459. The molecule has 0 heterocycles. The Kier molecular flexibility index (Phi) is 3.39. The Morgan fingerprint density at radius 1 is 1.80 bits per heavy atom. The number of hydrogen-bond donors (Lipinski definition) is 2. The highest BCUT2D eigenvalue weighted by molar-refractivity contribution is 5.36. The third-order valence-electron chi connectivity index (χ3n) is 1.19. The maximum absolute atomic E-state index is 9.62. The minimum Gasteiger partial charge on any atom is -0.493 e. The van der Waals surface area contributed by atoms with Crippen molar-refractivity contribution in [2.45, 2.75) is 19.9 Å². The van der Waals surface area contributed by atoms with Crippen LogP contribution in [0.25, 0.3) is 0 Å². The number of aliphatic hydroxyl groups is 1. The molecule has 0 aliphatic heterocycles. The van der Waals surface area contributed by atoms with E-state index in [0.29, 0.717) is 5.57 Å². The third-order valence-corrected chi connectivity index (χ3v) is 1.19. The zero-order valence-corrected chi connectivity index (χ0v) is 5.96. The van der Waals surface area contributed by atoms with Gasteiger partial charge in [-0.2, -0.15) is 0 Å². The second-order valence-electron chi connectivity index (χ2n) is 2.00. The topological polar surface area (TPSA) is 75.7 Å². The molecule has 0 aliphatic carbocycles. The smallest absolute Gasteiger partial charge is 0.243 e. The summed E-state index contributed by atoms with van der Waals surface area (Å²) in [6.07, 6.45) is 1.21. The molecule has 4 heteroatoms. The van der Waals surface area contributed by atoms with Crippen LogP contribution in [0.5, 0.6) is 0 Å². The van der Waals surface area contributed by atoms with E-state index in [0.717, 1.165) is 0 Å². The number of aliphatic imine (C=N–C) groups is 1. The van der Waals surface area contributed by atoms with Gasteiger partial charge in [0.25, 0.3) is 0 Å². The maximum atomic E-state index is 9.62. The van der Waals surface area contributed by atoms with E-state index in [1.165, 1.54) is 6.08 Å². The quantitative estimate of drug-likeness (QED) is 0.334. The molecule has 0 bridgehead atoms. The number of rotatable bonds is 2. The zero-order valence-electron chi connectivity index (χ0n) is 5.96. The van der Waals surface area contributed by atoms with Gasteiger partial charge in [0.2, 0.25) is 12.0 Å². The van der Waals surface area contributed by atoms with Gasteiger partial charge in [0.15, 0.2) is 0 Å². The number of nitrogens with two attached hydrogens (primary N) is 1. The van der Waals surface area contributed by atoms with Crippen molar-refractivity contribution in [2.24, 2.45) is 10.7 Å². The van der Waals surface area contributed by atoms with E-state index in [2.05, 4.69) is 4.99 Å². The number of hydrogen-bond acceptors (Lipinski definition) is 4. The van der Waals surface area contributed by atoms with Crippen LogP contribution in [0.1, 0.15) is 13.8 Å². The summed E-state index contributed by atoms with van der Waals surface area (Å²) in [5.41, 5.74) is 5.83. The van der Waals surface area contributed by atoms with Crippen LogP contribution in [0, 0.1) is 0 Å². The van der Waals surface area contributed by atoms with Crippen LogP contribution in [0.15, 0.2) is 16.4 Å². The minimum atomic E-state index is -0.343. The molecule has 4 nitrogen and oxygen atoms in total. The van der Waals surface area contributed by atoms with Crippen LogP contribution < -0.4 is 5.73 Å². The molecule has 0 spiro atoms. The standard InChI is InChI=1S/C6H10N2O2/c1-4(5(2)7)6(10)8-3-9/h5,10H,7H2,1-2H3/b6-4-. The SMILES string of the molecule is C/C(=C(/O)N=C=O)C(C)N. The van der Waals surface area contributed by atoms with Crippen molar-refractivity contribution in [2.75, 3.05) is 0 Å². The first-order chi connectivity index (χ1) is 4.59. The molecule has 0 aromatic heterocycles. The van der Waals surface area contributed by atoms with E-state index in [1.54, 1.807) is 13.8 Å². The fraction of sp³-hybridized carbons (Fsp3) is 0.500. The number of nitrogens with zero attached hydrogens (tertiary/aromatic N) is 1. The van der Waals surface area contributed by atoms with Gasteiger partial charge in [-0.3, -0.25) is 0 Å². The van der Waals surface area contributed by atoms with Gasteiger partial charge in [0, 0.05) is 11.6 Å².